The van der Waals surface area contributed by atoms with E-state index in [9.17, 15) is 9.59 Å². The summed E-state index contributed by atoms with van der Waals surface area (Å²) in [6, 6.07) is 22.2. The summed E-state index contributed by atoms with van der Waals surface area (Å²) in [4.78, 5) is 30.0. The summed E-state index contributed by atoms with van der Waals surface area (Å²) in [5.41, 5.74) is 2.46. The molecular formula is C29H30N4O2. The Kier molecular flexibility index (Phi) is 5.24. The number of amides is 2. The first kappa shape index (κ1) is 21.7. The number of hydrogen-bond donors (Lipinski definition) is 1. The van der Waals surface area contributed by atoms with Crippen molar-refractivity contribution in [3.63, 3.8) is 0 Å². The van der Waals surface area contributed by atoms with Crippen molar-refractivity contribution >= 4 is 22.7 Å². The predicted molar refractivity (Wildman–Crippen MR) is 136 cm³/mol. The molecule has 1 aliphatic heterocycles. The smallest absolute Gasteiger partial charge is 0.273 e. The highest BCUT2D eigenvalue weighted by molar-refractivity contribution is 6.08. The van der Waals surface area contributed by atoms with Crippen LogP contribution in [0.1, 0.15) is 48.7 Å². The van der Waals surface area contributed by atoms with Crippen LogP contribution in [0.3, 0.4) is 0 Å². The van der Waals surface area contributed by atoms with Crippen LogP contribution in [0.25, 0.3) is 16.6 Å². The molecule has 1 atom stereocenters. The molecule has 0 unspecified atom stereocenters. The number of carbonyl (C=O) groups is 2. The van der Waals surface area contributed by atoms with Crippen LogP contribution in [0.15, 0.2) is 79.1 Å². The van der Waals surface area contributed by atoms with Crippen LogP contribution >= 0.6 is 0 Å². The summed E-state index contributed by atoms with van der Waals surface area (Å²) in [5.74, 6) is -0.191. The lowest BCUT2D eigenvalue weighted by molar-refractivity contribution is -0.133. The van der Waals surface area contributed by atoms with Gasteiger partial charge < -0.3 is 19.4 Å². The number of nitrogens with zero attached hydrogens (tertiary/aromatic N) is 3. The molecule has 0 bridgehead atoms. The Bertz CT molecular complexity index is 1380. The van der Waals surface area contributed by atoms with Crippen LogP contribution in [0.5, 0.6) is 0 Å². The monoisotopic (exact) mass is 466 g/mol. The van der Waals surface area contributed by atoms with Gasteiger partial charge in [-0.2, -0.15) is 0 Å². The lowest BCUT2D eigenvalue weighted by Gasteiger charge is -2.44. The van der Waals surface area contributed by atoms with Crippen molar-refractivity contribution in [2.24, 2.45) is 0 Å². The van der Waals surface area contributed by atoms with Crippen LogP contribution in [-0.4, -0.2) is 37.4 Å². The van der Waals surface area contributed by atoms with Crippen molar-refractivity contribution < 1.29 is 9.59 Å². The highest BCUT2D eigenvalue weighted by Crippen LogP contribution is 2.38. The zero-order valence-corrected chi connectivity index (χ0v) is 20.0. The zero-order chi connectivity index (χ0) is 24.0. The Morgan fingerprint density at radius 2 is 1.66 bits per heavy atom. The predicted octanol–water partition coefficient (Wildman–Crippen LogP) is 4.91. The van der Waals surface area contributed by atoms with Crippen molar-refractivity contribution in [1.82, 2.24) is 19.4 Å². The molecular weight excluding hydrogens is 436 g/mol. The van der Waals surface area contributed by atoms with Gasteiger partial charge in [-0.1, -0.05) is 61.4 Å². The quantitative estimate of drug-likeness (QED) is 0.455. The fourth-order valence-electron chi connectivity index (χ4n) is 5.77. The van der Waals surface area contributed by atoms with Crippen molar-refractivity contribution in [2.45, 2.75) is 57.3 Å². The molecule has 1 fully saturated rings. The van der Waals surface area contributed by atoms with Gasteiger partial charge in [-0.3, -0.25) is 9.59 Å². The summed E-state index contributed by atoms with van der Waals surface area (Å²) in [6.07, 6.45) is 8.23. The normalized spacial score (nSPS) is 20.4. The maximum absolute atomic E-state index is 14.4. The molecule has 4 aromatic rings. The topological polar surface area (TPSA) is 59.3 Å². The minimum Gasteiger partial charge on any atom is -0.351 e. The lowest BCUT2D eigenvalue weighted by Crippen LogP contribution is -2.64. The molecule has 0 radical (unpaired) electrons. The number of rotatable bonds is 5. The zero-order valence-electron chi connectivity index (χ0n) is 20.0. The molecule has 1 N–H and O–H groups in total. The van der Waals surface area contributed by atoms with Crippen molar-refractivity contribution in [3.05, 3.63) is 90.4 Å². The summed E-state index contributed by atoms with van der Waals surface area (Å²) in [7, 11) is 0. The van der Waals surface area contributed by atoms with E-state index in [1.54, 1.807) is 4.90 Å². The van der Waals surface area contributed by atoms with Crippen LogP contribution < -0.4 is 5.32 Å². The van der Waals surface area contributed by atoms with Gasteiger partial charge in [0.2, 0.25) is 5.91 Å². The van der Waals surface area contributed by atoms with Gasteiger partial charge in [-0.25, -0.2) is 0 Å². The SMILES string of the molecule is C[C@]1(C(=O)NC2CCCC2)Cn2c(c(-n3cccc3)c3ccccc32)C(=O)N1Cc1ccccc1. The molecule has 2 aliphatic rings. The van der Waals surface area contributed by atoms with E-state index in [0.717, 1.165) is 47.8 Å². The van der Waals surface area contributed by atoms with E-state index in [1.165, 1.54) is 0 Å². The van der Waals surface area contributed by atoms with Gasteiger partial charge >= 0.3 is 0 Å². The molecule has 0 spiro atoms. The number of carbonyl (C=O) groups excluding carboxylic acids is 2. The van der Waals surface area contributed by atoms with E-state index in [4.69, 9.17) is 0 Å². The average molecular weight is 467 g/mol. The fourth-order valence-corrected chi connectivity index (χ4v) is 5.77. The first-order valence-electron chi connectivity index (χ1n) is 12.5. The molecule has 6 rings (SSSR count). The second kappa shape index (κ2) is 8.45. The number of hydrogen-bond acceptors (Lipinski definition) is 2. The number of fused-ring (bicyclic) bond motifs is 3. The van der Waals surface area contributed by atoms with E-state index >= 15 is 0 Å². The van der Waals surface area contributed by atoms with Crippen molar-refractivity contribution in [3.8, 4) is 5.69 Å². The fraction of sp³-hybridized carbons (Fsp3) is 0.310. The highest BCUT2D eigenvalue weighted by Gasteiger charge is 2.49. The third-order valence-electron chi connectivity index (χ3n) is 7.68. The van der Waals surface area contributed by atoms with Crippen LogP contribution in [0.4, 0.5) is 0 Å². The summed E-state index contributed by atoms with van der Waals surface area (Å²) >= 11 is 0. The Morgan fingerprint density at radius 1 is 0.971 bits per heavy atom. The van der Waals surface area contributed by atoms with Gasteiger partial charge in [0.25, 0.3) is 5.91 Å². The van der Waals surface area contributed by atoms with Gasteiger partial charge in [0.1, 0.15) is 11.2 Å². The molecule has 3 heterocycles. The molecule has 6 heteroatoms. The molecule has 2 aromatic carbocycles. The van der Waals surface area contributed by atoms with Gasteiger partial charge in [-0.15, -0.1) is 0 Å². The van der Waals surface area contributed by atoms with Crippen LogP contribution in [0, 0.1) is 0 Å². The molecule has 35 heavy (non-hydrogen) atoms. The number of aromatic nitrogens is 2. The molecule has 0 saturated heterocycles. The lowest BCUT2D eigenvalue weighted by atomic mass is 9.93. The summed E-state index contributed by atoms with van der Waals surface area (Å²) < 4.78 is 4.07. The van der Waals surface area contributed by atoms with E-state index < -0.39 is 5.54 Å². The Balaban J connectivity index is 1.51. The first-order chi connectivity index (χ1) is 17.1. The second-order valence-corrected chi connectivity index (χ2v) is 10.00. The second-order valence-electron chi connectivity index (χ2n) is 10.00. The molecule has 6 nitrogen and oxygen atoms in total. The van der Waals surface area contributed by atoms with E-state index in [0.29, 0.717) is 18.8 Å². The van der Waals surface area contributed by atoms with Gasteiger partial charge in [0, 0.05) is 30.4 Å². The first-order valence-corrected chi connectivity index (χ1v) is 12.5. The van der Waals surface area contributed by atoms with E-state index in [-0.39, 0.29) is 17.9 Å². The maximum atomic E-state index is 14.4. The van der Waals surface area contributed by atoms with Gasteiger partial charge in [0.05, 0.1) is 17.7 Å². The van der Waals surface area contributed by atoms with Gasteiger partial charge in [0.15, 0.2) is 0 Å². The minimum atomic E-state index is -1.02. The standard InChI is InChI=1S/C29H30N4O2/c1-29(28(35)30-22-13-5-6-14-22)20-32-24-16-8-7-15-23(24)25(31-17-9-10-18-31)26(32)27(34)33(29)19-21-11-3-2-4-12-21/h2-4,7-12,15-18,22H,5-6,13-14,19-20H2,1H3,(H,30,35)/t29-/m1/s1. The number of para-hydroxylation sites is 1. The van der Waals surface area contributed by atoms with Crippen LogP contribution in [-0.2, 0) is 17.9 Å². The summed E-state index contributed by atoms with van der Waals surface area (Å²) in [5, 5.41) is 4.29. The van der Waals surface area contributed by atoms with Crippen molar-refractivity contribution in [2.75, 3.05) is 0 Å². The Hall–Kier alpha value is -3.80. The third kappa shape index (κ3) is 3.55. The third-order valence-corrected chi connectivity index (χ3v) is 7.68. The molecule has 1 saturated carbocycles. The largest absolute Gasteiger partial charge is 0.351 e. The molecule has 1 aliphatic carbocycles. The molecule has 2 amide bonds. The maximum Gasteiger partial charge on any atom is 0.273 e. The highest BCUT2D eigenvalue weighted by atomic mass is 16.2. The van der Waals surface area contributed by atoms with Gasteiger partial charge in [-0.05, 0) is 43.5 Å². The Morgan fingerprint density at radius 3 is 2.40 bits per heavy atom. The van der Waals surface area contributed by atoms with Crippen LogP contribution in [0.2, 0.25) is 0 Å². The summed E-state index contributed by atoms with van der Waals surface area (Å²) in [6.45, 7) is 2.70. The van der Waals surface area contributed by atoms with E-state index in [2.05, 4.69) is 16.0 Å². The molecule has 2 aromatic heterocycles. The Labute approximate surface area is 205 Å². The number of nitrogens with one attached hydrogen (secondary N) is 1. The molecule has 178 valence electrons. The minimum absolute atomic E-state index is 0.0698. The van der Waals surface area contributed by atoms with Crippen molar-refractivity contribution in [1.29, 1.82) is 0 Å². The number of benzene rings is 2. The average Bonchev–Trinajstić information content (AvgIpc) is 3.63. The van der Waals surface area contributed by atoms with E-state index in [1.807, 2.05) is 84.5 Å².